The van der Waals surface area contributed by atoms with Crippen LogP contribution in [0.2, 0.25) is 0 Å². The van der Waals surface area contributed by atoms with Crippen molar-refractivity contribution in [2.24, 2.45) is 0 Å². The summed E-state index contributed by atoms with van der Waals surface area (Å²) in [7, 11) is 1.27. The van der Waals surface area contributed by atoms with Crippen LogP contribution >= 0.6 is 0 Å². The van der Waals surface area contributed by atoms with Gasteiger partial charge >= 0.3 is 6.18 Å². The highest BCUT2D eigenvalue weighted by Crippen LogP contribution is 2.36. The fourth-order valence-corrected chi connectivity index (χ4v) is 4.03. The van der Waals surface area contributed by atoms with Crippen LogP contribution in [0.5, 0.6) is 5.75 Å². The van der Waals surface area contributed by atoms with Gasteiger partial charge in [-0.05, 0) is 57.3 Å². The molecule has 1 saturated heterocycles. The maximum Gasteiger partial charge on any atom is 0.417 e. The zero-order valence-corrected chi connectivity index (χ0v) is 14.2. The lowest BCUT2D eigenvalue weighted by molar-refractivity contribution is -0.138. The molecular weight excluding hydrogens is 333 g/mol. The van der Waals surface area contributed by atoms with Gasteiger partial charge in [-0.15, -0.1) is 0 Å². The number of halogens is 3. The Morgan fingerprint density at radius 1 is 1.20 bits per heavy atom. The fourth-order valence-electron chi connectivity index (χ4n) is 4.03. The smallest absolute Gasteiger partial charge is 0.417 e. The Labute approximate surface area is 145 Å². The van der Waals surface area contributed by atoms with E-state index < -0.39 is 23.2 Å². The van der Waals surface area contributed by atoms with Crippen LogP contribution in [-0.4, -0.2) is 43.1 Å². The topological polar surface area (TPSA) is 41.6 Å². The zero-order valence-electron chi connectivity index (χ0n) is 14.2. The Bertz CT molecular complexity index is 627. The van der Waals surface area contributed by atoms with Gasteiger partial charge in [-0.2, -0.15) is 13.2 Å². The Morgan fingerprint density at radius 2 is 1.92 bits per heavy atom. The highest BCUT2D eigenvalue weighted by Gasteiger charge is 2.39. The summed E-state index contributed by atoms with van der Waals surface area (Å²) < 4.78 is 45.0. The highest BCUT2D eigenvalue weighted by atomic mass is 19.4. The monoisotopic (exact) mass is 356 g/mol. The van der Waals surface area contributed by atoms with Crippen LogP contribution in [0.3, 0.4) is 0 Å². The Balaban J connectivity index is 1.83. The molecule has 1 aromatic carbocycles. The first-order chi connectivity index (χ1) is 11.9. The normalized spacial score (nSPS) is 24.5. The molecule has 1 heterocycles. The van der Waals surface area contributed by atoms with Gasteiger partial charge in [-0.25, -0.2) is 0 Å². The number of ether oxygens (including phenoxy) is 1. The SMILES string of the molecule is COc1cccc(C(F)(F)F)c1C(=O)N[C@H]1CCC[C@H]1N1CCCC1. The van der Waals surface area contributed by atoms with Crippen LogP contribution in [0, 0.1) is 0 Å². The van der Waals surface area contributed by atoms with Gasteiger partial charge in [0.1, 0.15) is 5.75 Å². The van der Waals surface area contributed by atoms with Crippen molar-refractivity contribution in [3.05, 3.63) is 29.3 Å². The number of rotatable bonds is 4. The average molecular weight is 356 g/mol. The maximum absolute atomic E-state index is 13.3. The van der Waals surface area contributed by atoms with E-state index in [9.17, 15) is 18.0 Å². The minimum absolute atomic E-state index is 0.0527. The summed E-state index contributed by atoms with van der Waals surface area (Å²) in [4.78, 5) is 15.1. The van der Waals surface area contributed by atoms with Crippen molar-refractivity contribution < 1.29 is 22.7 Å². The van der Waals surface area contributed by atoms with Crippen LogP contribution in [0.4, 0.5) is 13.2 Å². The van der Waals surface area contributed by atoms with Gasteiger partial charge in [0, 0.05) is 12.1 Å². The molecule has 1 saturated carbocycles. The number of nitrogens with one attached hydrogen (secondary N) is 1. The number of carbonyl (C=O) groups excluding carboxylic acids is 1. The summed E-state index contributed by atoms with van der Waals surface area (Å²) in [6.45, 7) is 2.00. The minimum Gasteiger partial charge on any atom is -0.496 e. The van der Waals surface area contributed by atoms with Gasteiger partial charge in [-0.3, -0.25) is 9.69 Å². The van der Waals surface area contributed by atoms with Crippen molar-refractivity contribution in [2.45, 2.75) is 50.4 Å². The molecule has 0 radical (unpaired) electrons. The Kier molecular flexibility index (Phi) is 5.22. The van der Waals surface area contributed by atoms with E-state index in [1.54, 1.807) is 0 Å². The van der Waals surface area contributed by atoms with Crippen LogP contribution in [-0.2, 0) is 6.18 Å². The van der Waals surface area contributed by atoms with E-state index in [2.05, 4.69) is 10.2 Å². The molecule has 25 heavy (non-hydrogen) atoms. The van der Waals surface area contributed by atoms with E-state index in [4.69, 9.17) is 4.74 Å². The summed E-state index contributed by atoms with van der Waals surface area (Å²) in [5.74, 6) is -0.760. The molecule has 1 aromatic rings. The second kappa shape index (κ2) is 7.23. The molecule has 3 rings (SSSR count). The van der Waals surface area contributed by atoms with Crippen molar-refractivity contribution in [3.63, 3.8) is 0 Å². The molecule has 2 aliphatic rings. The number of amides is 1. The lowest BCUT2D eigenvalue weighted by Gasteiger charge is -2.30. The second-order valence-electron chi connectivity index (χ2n) is 6.70. The average Bonchev–Trinajstić information content (AvgIpc) is 3.24. The third-order valence-electron chi connectivity index (χ3n) is 5.18. The van der Waals surface area contributed by atoms with Crippen molar-refractivity contribution >= 4 is 5.91 Å². The molecule has 4 nitrogen and oxygen atoms in total. The van der Waals surface area contributed by atoms with Crippen molar-refractivity contribution in [1.29, 1.82) is 0 Å². The third-order valence-corrected chi connectivity index (χ3v) is 5.18. The second-order valence-corrected chi connectivity index (χ2v) is 6.70. The molecule has 2 fully saturated rings. The highest BCUT2D eigenvalue weighted by molar-refractivity contribution is 5.99. The summed E-state index contributed by atoms with van der Waals surface area (Å²) in [6.07, 6.45) is 0.422. The van der Waals surface area contributed by atoms with E-state index in [1.807, 2.05) is 0 Å². The van der Waals surface area contributed by atoms with Crippen LogP contribution < -0.4 is 10.1 Å². The van der Waals surface area contributed by atoms with Crippen molar-refractivity contribution in [2.75, 3.05) is 20.2 Å². The lowest BCUT2D eigenvalue weighted by Crippen LogP contribution is -2.48. The lowest BCUT2D eigenvalue weighted by atomic mass is 10.0. The number of nitrogens with zero attached hydrogens (tertiary/aromatic N) is 1. The molecule has 1 amide bonds. The van der Waals surface area contributed by atoms with E-state index in [-0.39, 0.29) is 17.8 Å². The number of hydrogen-bond donors (Lipinski definition) is 1. The molecule has 1 aliphatic heterocycles. The molecule has 2 atom stereocenters. The maximum atomic E-state index is 13.3. The first kappa shape index (κ1) is 18.0. The third kappa shape index (κ3) is 3.76. The van der Waals surface area contributed by atoms with Gasteiger partial charge in [-0.1, -0.05) is 6.07 Å². The molecule has 138 valence electrons. The van der Waals surface area contributed by atoms with Crippen LogP contribution in [0.25, 0.3) is 0 Å². The number of hydrogen-bond acceptors (Lipinski definition) is 3. The summed E-state index contributed by atoms with van der Waals surface area (Å²) in [5, 5.41) is 2.85. The fraction of sp³-hybridized carbons (Fsp3) is 0.611. The van der Waals surface area contributed by atoms with Gasteiger partial charge in [0.05, 0.1) is 18.2 Å². The Morgan fingerprint density at radius 3 is 2.56 bits per heavy atom. The van der Waals surface area contributed by atoms with Crippen LogP contribution in [0.1, 0.15) is 48.0 Å². The molecule has 1 aliphatic carbocycles. The van der Waals surface area contributed by atoms with E-state index in [0.29, 0.717) is 0 Å². The summed E-state index contributed by atoms with van der Waals surface area (Å²) >= 11 is 0. The standard InChI is InChI=1S/C18H23F3N2O2/c1-25-15-9-4-6-12(18(19,20)21)16(15)17(24)22-13-7-5-8-14(13)23-10-2-3-11-23/h4,6,9,13-14H,2-3,5,7-8,10-11H2,1H3,(H,22,24)/t13-,14+/m0/s1. The van der Waals surface area contributed by atoms with E-state index >= 15 is 0 Å². The number of carbonyl (C=O) groups is 1. The van der Waals surface area contributed by atoms with Gasteiger partial charge in [0.25, 0.3) is 5.91 Å². The number of likely N-dealkylation sites (tertiary alicyclic amines) is 1. The van der Waals surface area contributed by atoms with Crippen molar-refractivity contribution in [1.82, 2.24) is 10.2 Å². The predicted octanol–water partition coefficient (Wildman–Crippen LogP) is 3.46. The van der Waals surface area contributed by atoms with Gasteiger partial charge in [0.15, 0.2) is 0 Å². The predicted molar refractivity (Wildman–Crippen MR) is 87.7 cm³/mol. The first-order valence-corrected chi connectivity index (χ1v) is 8.71. The first-order valence-electron chi connectivity index (χ1n) is 8.71. The van der Waals surface area contributed by atoms with E-state index in [0.717, 1.165) is 51.3 Å². The van der Waals surface area contributed by atoms with Crippen LogP contribution in [0.15, 0.2) is 18.2 Å². The van der Waals surface area contributed by atoms with Gasteiger partial charge in [0.2, 0.25) is 0 Å². The molecule has 0 aromatic heterocycles. The summed E-state index contributed by atoms with van der Waals surface area (Å²) in [6, 6.07) is 3.66. The molecule has 1 N–H and O–H groups in total. The molecule has 0 unspecified atom stereocenters. The molecule has 0 spiro atoms. The van der Waals surface area contributed by atoms with E-state index in [1.165, 1.54) is 19.2 Å². The molecule has 7 heteroatoms. The quantitative estimate of drug-likeness (QED) is 0.898. The molecule has 0 bridgehead atoms. The van der Waals surface area contributed by atoms with Crippen molar-refractivity contribution in [3.8, 4) is 5.75 Å². The minimum atomic E-state index is -4.61. The molecular formula is C18H23F3N2O2. The number of alkyl halides is 3. The summed E-state index contributed by atoms with van der Waals surface area (Å²) in [5.41, 5.74) is -1.38. The number of benzene rings is 1. The Hall–Kier alpha value is -1.76. The number of methoxy groups -OCH3 is 1. The zero-order chi connectivity index (χ0) is 18.0. The van der Waals surface area contributed by atoms with Gasteiger partial charge < -0.3 is 10.1 Å². The largest absolute Gasteiger partial charge is 0.496 e.